The Morgan fingerprint density at radius 1 is 1.32 bits per heavy atom. The van der Waals surface area contributed by atoms with Crippen molar-refractivity contribution in [2.24, 2.45) is 0 Å². The zero-order valence-electron chi connectivity index (χ0n) is 10.0. The zero-order valence-corrected chi connectivity index (χ0v) is 10.0. The third-order valence-corrected chi connectivity index (χ3v) is 2.91. The fourth-order valence-corrected chi connectivity index (χ4v) is 1.99. The van der Waals surface area contributed by atoms with E-state index in [-0.39, 0.29) is 0 Å². The van der Waals surface area contributed by atoms with Gasteiger partial charge < -0.3 is 21.1 Å². The molecule has 1 heterocycles. The van der Waals surface area contributed by atoms with E-state index in [4.69, 9.17) is 5.11 Å². The molecule has 0 aliphatic carbocycles. The quantitative estimate of drug-likeness (QED) is 0.651. The molecule has 2 rings (SSSR count). The second-order valence-electron chi connectivity index (χ2n) is 4.27. The Balaban J connectivity index is 1.90. The van der Waals surface area contributed by atoms with E-state index in [2.05, 4.69) is 16.0 Å². The molecule has 1 unspecified atom stereocenters. The molecular weight excluding hydrogens is 253 g/mol. The first kappa shape index (κ1) is 13.3. The Kier molecular flexibility index (Phi) is 3.96. The monoisotopic (exact) mass is 267 g/mol. The Hall–Kier alpha value is -2.15. The van der Waals surface area contributed by atoms with Crippen molar-refractivity contribution in [3.05, 3.63) is 30.1 Å². The van der Waals surface area contributed by atoms with Crippen molar-refractivity contribution in [2.45, 2.75) is 18.5 Å². The molecule has 0 radical (unpaired) electrons. The summed E-state index contributed by atoms with van der Waals surface area (Å²) in [5.74, 6) is -1.39. The van der Waals surface area contributed by atoms with Crippen molar-refractivity contribution in [1.29, 1.82) is 0 Å². The number of aliphatic carboxylic acids is 1. The molecular formula is C12H14FN3O3. The molecule has 0 spiro atoms. The number of hydrogen-bond acceptors (Lipinski definition) is 3. The summed E-state index contributed by atoms with van der Waals surface area (Å²) in [5.41, 5.74) is 0.441. The standard InChI is InChI=1S/C12H14FN3O3/c13-7-1-3-8(4-2-7)15-12(19)16-9-5-6-14-10(9)11(17)18/h1-4,9-10,14H,5-6H2,(H,17,18)(H2,15,16,19)/t9?,10-/m0/s1. The summed E-state index contributed by atoms with van der Waals surface area (Å²) in [5, 5.41) is 16.8. The van der Waals surface area contributed by atoms with Crippen LogP contribution >= 0.6 is 0 Å². The molecule has 1 aromatic rings. The molecule has 1 saturated heterocycles. The Morgan fingerprint density at radius 2 is 2.00 bits per heavy atom. The molecule has 4 N–H and O–H groups in total. The van der Waals surface area contributed by atoms with Gasteiger partial charge in [-0.25, -0.2) is 9.18 Å². The maximum atomic E-state index is 12.7. The molecule has 2 atom stereocenters. The highest BCUT2D eigenvalue weighted by atomic mass is 19.1. The van der Waals surface area contributed by atoms with Crippen LogP contribution in [0.5, 0.6) is 0 Å². The average molecular weight is 267 g/mol. The number of urea groups is 1. The highest BCUT2D eigenvalue weighted by molar-refractivity contribution is 5.90. The van der Waals surface area contributed by atoms with E-state index >= 15 is 0 Å². The normalized spacial score (nSPS) is 21.9. The minimum atomic E-state index is -0.996. The Bertz CT molecular complexity index is 478. The smallest absolute Gasteiger partial charge is 0.322 e. The number of rotatable bonds is 3. The minimum Gasteiger partial charge on any atom is -0.480 e. The van der Waals surface area contributed by atoms with E-state index in [1.807, 2.05) is 0 Å². The summed E-state index contributed by atoms with van der Waals surface area (Å²) in [6, 6.07) is 3.57. The van der Waals surface area contributed by atoms with Gasteiger partial charge in [-0.05, 0) is 37.2 Å². The number of hydrogen-bond donors (Lipinski definition) is 4. The molecule has 1 aliphatic rings. The van der Waals surface area contributed by atoms with Crippen LogP contribution in [0.2, 0.25) is 0 Å². The number of carboxylic acid groups (broad SMARTS) is 1. The predicted octanol–water partition coefficient (Wildman–Crippen LogP) is 0.762. The van der Waals surface area contributed by atoms with Crippen LogP contribution in [0.4, 0.5) is 14.9 Å². The van der Waals surface area contributed by atoms with E-state index in [1.165, 1.54) is 24.3 Å². The molecule has 0 bridgehead atoms. The van der Waals surface area contributed by atoms with Gasteiger partial charge in [0, 0.05) is 5.69 Å². The fourth-order valence-electron chi connectivity index (χ4n) is 1.99. The predicted molar refractivity (Wildman–Crippen MR) is 66.4 cm³/mol. The van der Waals surface area contributed by atoms with Gasteiger partial charge in [0.2, 0.25) is 0 Å². The second-order valence-corrected chi connectivity index (χ2v) is 4.27. The number of benzene rings is 1. The van der Waals surface area contributed by atoms with E-state index in [9.17, 15) is 14.0 Å². The first-order valence-corrected chi connectivity index (χ1v) is 5.85. The first-order chi connectivity index (χ1) is 9.06. The molecule has 1 aliphatic heterocycles. The van der Waals surface area contributed by atoms with Gasteiger partial charge in [-0.2, -0.15) is 0 Å². The van der Waals surface area contributed by atoms with Crippen LogP contribution in [0.25, 0.3) is 0 Å². The maximum absolute atomic E-state index is 12.7. The van der Waals surface area contributed by atoms with Gasteiger partial charge in [0.1, 0.15) is 11.9 Å². The lowest BCUT2D eigenvalue weighted by atomic mass is 10.1. The van der Waals surface area contributed by atoms with Crippen molar-refractivity contribution in [1.82, 2.24) is 10.6 Å². The van der Waals surface area contributed by atoms with E-state index < -0.39 is 29.9 Å². The highest BCUT2D eigenvalue weighted by Crippen LogP contribution is 2.10. The molecule has 102 valence electrons. The molecule has 7 heteroatoms. The summed E-state index contributed by atoms with van der Waals surface area (Å²) < 4.78 is 12.7. The third kappa shape index (κ3) is 3.41. The van der Waals surface area contributed by atoms with Crippen molar-refractivity contribution in [2.75, 3.05) is 11.9 Å². The van der Waals surface area contributed by atoms with E-state index in [0.717, 1.165) is 0 Å². The number of carbonyl (C=O) groups excluding carboxylic acids is 1. The maximum Gasteiger partial charge on any atom is 0.322 e. The Labute approximate surface area is 109 Å². The number of carbonyl (C=O) groups is 2. The SMILES string of the molecule is O=C(Nc1ccc(F)cc1)NC1CCN[C@@H]1C(=O)O. The van der Waals surface area contributed by atoms with E-state index in [0.29, 0.717) is 18.7 Å². The fraction of sp³-hybridized carbons (Fsp3) is 0.333. The number of anilines is 1. The van der Waals surface area contributed by atoms with Crippen molar-refractivity contribution < 1.29 is 19.1 Å². The van der Waals surface area contributed by atoms with Crippen molar-refractivity contribution >= 4 is 17.7 Å². The van der Waals surface area contributed by atoms with Crippen LogP contribution in [0, 0.1) is 5.82 Å². The molecule has 2 amide bonds. The van der Waals surface area contributed by atoms with Crippen LogP contribution in [-0.2, 0) is 4.79 Å². The van der Waals surface area contributed by atoms with Gasteiger partial charge in [0.15, 0.2) is 0 Å². The third-order valence-electron chi connectivity index (χ3n) is 2.91. The van der Waals surface area contributed by atoms with Gasteiger partial charge >= 0.3 is 12.0 Å². The number of carboxylic acids is 1. The number of halogens is 1. The number of amides is 2. The Morgan fingerprint density at radius 3 is 2.63 bits per heavy atom. The summed E-state index contributed by atoms with van der Waals surface area (Å²) in [6.45, 7) is 0.540. The number of nitrogens with one attached hydrogen (secondary N) is 3. The summed E-state index contributed by atoms with van der Waals surface area (Å²) in [4.78, 5) is 22.6. The second kappa shape index (κ2) is 5.66. The highest BCUT2D eigenvalue weighted by Gasteiger charge is 2.33. The topological polar surface area (TPSA) is 90.5 Å². The molecule has 1 fully saturated rings. The molecule has 1 aromatic carbocycles. The lowest BCUT2D eigenvalue weighted by molar-refractivity contribution is -0.139. The molecule has 19 heavy (non-hydrogen) atoms. The summed E-state index contributed by atoms with van der Waals surface area (Å²) >= 11 is 0. The van der Waals surface area contributed by atoms with Crippen LogP contribution in [0.15, 0.2) is 24.3 Å². The van der Waals surface area contributed by atoms with Gasteiger partial charge in [0.25, 0.3) is 0 Å². The van der Waals surface area contributed by atoms with Crippen LogP contribution < -0.4 is 16.0 Å². The van der Waals surface area contributed by atoms with Crippen LogP contribution in [-0.4, -0.2) is 35.7 Å². The average Bonchev–Trinajstić information content (AvgIpc) is 2.80. The first-order valence-electron chi connectivity index (χ1n) is 5.85. The lowest BCUT2D eigenvalue weighted by Gasteiger charge is -2.17. The van der Waals surface area contributed by atoms with Crippen molar-refractivity contribution in [3.8, 4) is 0 Å². The van der Waals surface area contributed by atoms with Gasteiger partial charge in [-0.3, -0.25) is 4.79 Å². The molecule has 0 aromatic heterocycles. The van der Waals surface area contributed by atoms with Crippen LogP contribution in [0.1, 0.15) is 6.42 Å². The summed E-state index contributed by atoms with van der Waals surface area (Å²) in [6.07, 6.45) is 0.549. The molecule has 6 nitrogen and oxygen atoms in total. The van der Waals surface area contributed by atoms with Gasteiger partial charge in [-0.15, -0.1) is 0 Å². The summed E-state index contributed by atoms with van der Waals surface area (Å²) in [7, 11) is 0. The largest absolute Gasteiger partial charge is 0.480 e. The van der Waals surface area contributed by atoms with Crippen LogP contribution in [0.3, 0.4) is 0 Å². The van der Waals surface area contributed by atoms with E-state index in [1.54, 1.807) is 0 Å². The van der Waals surface area contributed by atoms with Gasteiger partial charge in [0.05, 0.1) is 6.04 Å². The minimum absolute atomic E-state index is 0.392. The molecule has 0 saturated carbocycles. The lowest BCUT2D eigenvalue weighted by Crippen LogP contribution is -2.49. The zero-order chi connectivity index (χ0) is 13.8. The van der Waals surface area contributed by atoms with Gasteiger partial charge in [-0.1, -0.05) is 0 Å². The van der Waals surface area contributed by atoms with Crippen molar-refractivity contribution in [3.63, 3.8) is 0 Å².